The number of piperidine rings is 1. The number of rotatable bonds is 2. The number of hydrogen-bond donors (Lipinski definition) is 0. The zero-order chi connectivity index (χ0) is 18.4. The highest BCUT2D eigenvalue weighted by molar-refractivity contribution is 6.07. The van der Waals surface area contributed by atoms with Crippen molar-refractivity contribution in [3.63, 3.8) is 0 Å². The first-order chi connectivity index (χ1) is 13.1. The van der Waals surface area contributed by atoms with Crippen molar-refractivity contribution < 1.29 is 14.0 Å². The van der Waals surface area contributed by atoms with Gasteiger partial charge >= 0.3 is 5.97 Å². The summed E-state index contributed by atoms with van der Waals surface area (Å²) in [6.07, 6.45) is 2.38. The molecule has 4 nitrogen and oxygen atoms in total. The maximum Gasteiger partial charge on any atom is 0.362 e. The Hall–Kier alpha value is -2.33. The number of morpholine rings is 1. The van der Waals surface area contributed by atoms with Crippen LogP contribution in [0.1, 0.15) is 19.8 Å². The van der Waals surface area contributed by atoms with Crippen LogP contribution in [0.5, 0.6) is 0 Å². The third-order valence-electron chi connectivity index (χ3n) is 6.61. The zero-order valence-corrected chi connectivity index (χ0v) is 15.9. The molecule has 0 bridgehead atoms. The minimum Gasteiger partial charge on any atom is -0.450 e. The summed E-state index contributed by atoms with van der Waals surface area (Å²) in [5.74, 6) is 0.754. The topological polar surface area (TPSA) is 31.2 Å². The largest absolute Gasteiger partial charge is 0.450 e. The van der Waals surface area contributed by atoms with E-state index in [1.54, 1.807) is 0 Å². The van der Waals surface area contributed by atoms with Crippen LogP contribution in [0.25, 0.3) is 21.8 Å². The van der Waals surface area contributed by atoms with Crippen LogP contribution < -0.4 is 0 Å². The summed E-state index contributed by atoms with van der Waals surface area (Å²) in [5, 5.41) is 2.54. The normalized spacial score (nSPS) is 28.7. The molecule has 3 heterocycles. The molecule has 2 saturated heterocycles. The van der Waals surface area contributed by atoms with Gasteiger partial charge < -0.3 is 13.8 Å². The fourth-order valence-corrected chi connectivity index (χ4v) is 5.11. The van der Waals surface area contributed by atoms with Gasteiger partial charge in [-0.05, 0) is 30.9 Å². The Morgan fingerprint density at radius 2 is 1.59 bits per heavy atom. The second-order valence-electron chi connectivity index (χ2n) is 8.57. The first-order valence-electron chi connectivity index (χ1n) is 10.1. The standard InChI is InChI=1S/C23H27N2O2/c1-17-10-12-25(13-11-17)15-18(27-23(26)16-25)14-24-21-8-4-2-6-19(21)20-7-3-5-9-22(20)24/h2-9,17-18H,10-16H2,1H3/q+1. The molecule has 1 unspecified atom stereocenters. The lowest BCUT2D eigenvalue weighted by atomic mass is 9.95. The lowest BCUT2D eigenvalue weighted by molar-refractivity contribution is -0.933. The average molecular weight is 363 g/mol. The van der Waals surface area contributed by atoms with E-state index in [4.69, 9.17) is 4.74 Å². The van der Waals surface area contributed by atoms with Gasteiger partial charge in [0.2, 0.25) is 0 Å². The number of para-hydroxylation sites is 2. The van der Waals surface area contributed by atoms with Crippen molar-refractivity contribution >= 4 is 27.8 Å². The molecule has 3 aromatic rings. The molecule has 2 aliphatic heterocycles. The highest BCUT2D eigenvalue weighted by atomic mass is 16.5. The van der Waals surface area contributed by atoms with Crippen molar-refractivity contribution in [3.8, 4) is 0 Å². The Labute approximate surface area is 159 Å². The van der Waals surface area contributed by atoms with E-state index in [1.807, 2.05) is 0 Å². The minimum atomic E-state index is -0.0566. The molecule has 4 heteroatoms. The number of ether oxygens (including phenoxy) is 1. The van der Waals surface area contributed by atoms with E-state index in [-0.39, 0.29) is 12.1 Å². The SMILES string of the molecule is CC1CC[N+]2(CC1)CC(=O)OC(Cn1c3ccccc3c3ccccc31)C2. The van der Waals surface area contributed by atoms with Gasteiger partial charge in [0.05, 0.1) is 19.6 Å². The molecule has 2 aliphatic rings. The van der Waals surface area contributed by atoms with Gasteiger partial charge in [-0.15, -0.1) is 0 Å². The number of carbonyl (C=O) groups excluding carboxylic acids is 1. The van der Waals surface area contributed by atoms with E-state index < -0.39 is 0 Å². The van der Waals surface area contributed by atoms with Crippen LogP contribution in [0, 0.1) is 5.92 Å². The second-order valence-corrected chi connectivity index (χ2v) is 8.57. The highest BCUT2D eigenvalue weighted by Gasteiger charge is 2.42. The van der Waals surface area contributed by atoms with Crippen LogP contribution in [-0.4, -0.2) is 47.3 Å². The number of hydrogen-bond acceptors (Lipinski definition) is 2. The number of aromatic nitrogens is 1. The van der Waals surface area contributed by atoms with Crippen LogP contribution in [0.2, 0.25) is 0 Å². The molecule has 1 aromatic heterocycles. The Morgan fingerprint density at radius 3 is 2.22 bits per heavy atom. The highest BCUT2D eigenvalue weighted by Crippen LogP contribution is 2.31. The summed E-state index contributed by atoms with van der Waals surface area (Å²) in [6.45, 7) is 6.78. The number of carbonyl (C=O) groups is 1. The number of benzene rings is 2. The molecule has 140 valence electrons. The minimum absolute atomic E-state index is 0.0263. The predicted molar refractivity (Wildman–Crippen MR) is 107 cm³/mol. The van der Waals surface area contributed by atoms with Crippen molar-refractivity contribution in [1.82, 2.24) is 4.57 Å². The Bertz CT molecular complexity index is 945. The molecular formula is C23H27N2O2+. The smallest absolute Gasteiger partial charge is 0.362 e. The summed E-state index contributed by atoms with van der Waals surface area (Å²) in [6, 6.07) is 17.1. The van der Waals surface area contributed by atoms with E-state index in [0.29, 0.717) is 6.54 Å². The number of quaternary nitrogens is 1. The van der Waals surface area contributed by atoms with Crippen LogP contribution in [0.4, 0.5) is 0 Å². The van der Waals surface area contributed by atoms with Crippen molar-refractivity contribution in [2.45, 2.75) is 32.4 Å². The van der Waals surface area contributed by atoms with E-state index in [1.165, 1.54) is 34.6 Å². The number of fused-ring (bicyclic) bond motifs is 3. The molecule has 0 saturated carbocycles. The van der Waals surface area contributed by atoms with Crippen LogP contribution in [0.3, 0.4) is 0 Å². The van der Waals surface area contributed by atoms with E-state index in [2.05, 4.69) is 60.0 Å². The van der Waals surface area contributed by atoms with Crippen molar-refractivity contribution in [2.24, 2.45) is 5.92 Å². The van der Waals surface area contributed by atoms with Gasteiger partial charge in [0.25, 0.3) is 0 Å². The molecule has 0 amide bonds. The lowest BCUT2D eigenvalue weighted by Crippen LogP contribution is -2.63. The van der Waals surface area contributed by atoms with E-state index >= 15 is 0 Å². The third kappa shape index (κ3) is 2.92. The first-order valence-corrected chi connectivity index (χ1v) is 10.1. The molecule has 27 heavy (non-hydrogen) atoms. The van der Waals surface area contributed by atoms with Crippen LogP contribution >= 0.6 is 0 Å². The van der Waals surface area contributed by atoms with Gasteiger partial charge in [-0.2, -0.15) is 0 Å². The molecule has 2 aromatic carbocycles. The quantitative estimate of drug-likeness (QED) is 0.510. The summed E-state index contributed by atoms with van der Waals surface area (Å²) in [7, 11) is 0. The fourth-order valence-electron chi connectivity index (χ4n) is 5.11. The Balaban J connectivity index is 1.50. The summed E-state index contributed by atoms with van der Waals surface area (Å²) in [4.78, 5) is 12.4. The first kappa shape index (κ1) is 16.8. The summed E-state index contributed by atoms with van der Waals surface area (Å²) < 4.78 is 9.10. The van der Waals surface area contributed by atoms with Gasteiger partial charge in [0.15, 0.2) is 12.6 Å². The summed E-state index contributed by atoms with van der Waals surface area (Å²) >= 11 is 0. The number of nitrogens with zero attached hydrogens (tertiary/aromatic N) is 2. The zero-order valence-electron chi connectivity index (χ0n) is 15.9. The van der Waals surface area contributed by atoms with Crippen LogP contribution in [-0.2, 0) is 16.1 Å². The molecule has 2 fully saturated rings. The van der Waals surface area contributed by atoms with Crippen molar-refractivity contribution in [3.05, 3.63) is 48.5 Å². The second kappa shape index (κ2) is 6.38. The van der Waals surface area contributed by atoms with E-state index in [0.717, 1.165) is 36.6 Å². The molecular weight excluding hydrogens is 336 g/mol. The van der Waals surface area contributed by atoms with Crippen molar-refractivity contribution in [1.29, 1.82) is 0 Å². The molecule has 5 rings (SSSR count). The monoisotopic (exact) mass is 363 g/mol. The average Bonchev–Trinajstić information content (AvgIpc) is 2.98. The molecule has 0 aliphatic carbocycles. The molecule has 1 spiro atoms. The number of esters is 1. The van der Waals surface area contributed by atoms with Gasteiger partial charge in [-0.25, -0.2) is 4.79 Å². The fraction of sp³-hybridized carbons (Fsp3) is 0.435. The van der Waals surface area contributed by atoms with Gasteiger partial charge in [0, 0.05) is 21.8 Å². The lowest BCUT2D eigenvalue weighted by Gasteiger charge is -2.46. The maximum atomic E-state index is 12.4. The number of cyclic esters (lactones) is 1. The third-order valence-corrected chi connectivity index (χ3v) is 6.61. The van der Waals surface area contributed by atoms with Crippen molar-refractivity contribution in [2.75, 3.05) is 26.2 Å². The Morgan fingerprint density at radius 1 is 1.00 bits per heavy atom. The molecule has 0 radical (unpaired) electrons. The van der Waals surface area contributed by atoms with E-state index in [9.17, 15) is 4.79 Å². The van der Waals surface area contributed by atoms with Gasteiger partial charge in [-0.3, -0.25) is 0 Å². The van der Waals surface area contributed by atoms with Crippen LogP contribution in [0.15, 0.2) is 48.5 Å². The van der Waals surface area contributed by atoms with Gasteiger partial charge in [-0.1, -0.05) is 43.3 Å². The van der Waals surface area contributed by atoms with Gasteiger partial charge in [0.1, 0.15) is 6.54 Å². The Kier molecular flexibility index (Phi) is 3.97. The predicted octanol–water partition coefficient (Wildman–Crippen LogP) is 3.97. The molecule has 0 N–H and O–H groups in total. The summed E-state index contributed by atoms with van der Waals surface area (Å²) in [5.41, 5.74) is 2.44. The molecule has 1 atom stereocenters. The maximum absolute atomic E-state index is 12.4.